The summed E-state index contributed by atoms with van der Waals surface area (Å²) in [5.41, 5.74) is 9.95. The number of carbonyl (C=O) groups excluding carboxylic acids is 2. The van der Waals surface area contributed by atoms with Crippen molar-refractivity contribution in [3.8, 4) is 92.0 Å². The lowest BCUT2D eigenvalue weighted by atomic mass is 9.91. The highest BCUT2D eigenvalue weighted by atomic mass is 35.5. The average Bonchev–Trinajstić information content (AvgIpc) is 0.852. The summed E-state index contributed by atoms with van der Waals surface area (Å²) in [6.07, 6.45) is 2.50. The highest BCUT2D eigenvalue weighted by Gasteiger charge is 2.42. The van der Waals surface area contributed by atoms with E-state index in [0.717, 1.165) is 62.2 Å². The maximum Gasteiger partial charge on any atom is 0.254 e. The fourth-order valence-corrected chi connectivity index (χ4v) is 20.1. The summed E-state index contributed by atoms with van der Waals surface area (Å²) in [4.78, 5) is 31.2. The number of ether oxygens (including phenoxy) is 17. The lowest BCUT2D eigenvalue weighted by Gasteiger charge is -2.37. The fraction of sp³-hybridized carbons (Fsp3) is 0.276. The summed E-state index contributed by atoms with van der Waals surface area (Å²) in [6.45, 7) is 6.42. The number of hydrogen-bond acceptors (Lipinski definition) is 23. The number of amides is 2. The molecule has 0 spiro atoms. The zero-order chi connectivity index (χ0) is 95.9. The van der Waals surface area contributed by atoms with Crippen molar-refractivity contribution >= 4 is 49.2 Å². The van der Waals surface area contributed by atoms with Crippen LogP contribution in [0.3, 0.4) is 0 Å². The Bertz CT molecular complexity index is 6280. The lowest BCUT2D eigenvalue weighted by molar-refractivity contribution is 0.0582. The maximum absolute atomic E-state index is 13.7. The van der Waals surface area contributed by atoms with Crippen molar-refractivity contribution in [1.82, 2.24) is 18.4 Å². The Morgan fingerprint density at radius 2 is 0.593 bits per heavy atom. The smallest absolute Gasteiger partial charge is 0.254 e. The van der Waals surface area contributed by atoms with Crippen molar-refractivity contribution in [2.24, 2.45) is 0 Å². The molecule has 12 aromatic rings. The Morgan fingerprint density at radius 1 is 0.296 bits per heavy atom. The summed E-state index contributed by atoms with van der Waals surface area (Å²) >= 11 is 6.10. The van der Waals surface area contributed by atoms with Crippen LogP contribution in [0.4, 0.5) is 0 Å². The summed E-state index contributed by atoms with van der Waals surface area (Å²) in [7, 11) is 13.1. The van der Waals surface area contributed by atoms with Gasteiger partial charge in [-0.25, -0.2) is 16.8 Å². The highest BCUT2D eigenvalue weighted by Crippen LogP contribution is 2.46. The quantitative estimate of drug-likeness (QED) is 0.0354. The topological polar surface area (TPSA) is 272 Å². The van der Waals surface area contributed by atoms with Crippen LogP contribution in [0, 0.1) is 0 Å². The molecule has 0 saturated carbocycles. The standard InChI is InChI=1S/C29H31NO6.C26H27NO5.C25H26ClNO6S.C25H27NO6S/c1-19(32-2)20-6-12-24(13-7-20)36-18-26-25-17-28(35-5)27(34-4)16-22(25)14-15-30(26)29(31)21-8-10-23(33-3)11-9-21;1-29-22-11-7-8-12-23(22)32-17-21-20-16-25(31-3)24(30-2)15-19(20)13-14-27(21)26(28)18-9-5-4-6-10-18;1-30-19-7-9-20(10-8-19)33-16-23-22-15-25(32-3)24(31-2)13-17(22)11-12-27(23)34(28,29)21-6-4-5-18(26)14-21;1-29-19-9-11-20(12-10-19)32-17-23-22-16-25(31-3)24(30-2)15-18(22)13-14-26(23)33(27,28)21-7-5-4-6-8-21/h6-13,16-17,26H,1,14-15,18H2,2-5H3;4-12,15-16,21H,13-14,17H2,1-3H3;4-10,13-15,23H,11-12,16H2,1-3H3;4-12,15-16,23H,13-14,17H2,1-3H3. The number of fused-ring (bicyclic) bond motifs is 4. The number of sulfonamides is 2. The molecule has 27 nitrogen and oxygen atoms in total. The summed E-state index contributed by atoms with van der Waals surface area (Å²) in [5, 5.41) is 0.357. The van der Waals surface area contributed by atoms with Crippen molar-refractivity contribution in [2.75, 3.05) is 145 Å². The van der Waals surface area contributed by atoms with Crippen LogP contribution in [-0.2, 0) is 50.5 Å². The summed E-state index contributed by atoms with van der Waals surface area (Å²) < 4.78 is 152. The van der Waals surface area contributed by atoms with E-state index in [0.29, 0.717) is 147 Å². The molecule has 0 aliphatic carbocycles. The number of benzene rings is 12. The van der Waals surface area contributed by atoms with Crippen LogP contribution in [0.1, 0.15) is 95.0 Å². The average molecular weight is 1900 g/mol. The molecule has 4 atom stereocenters. The SMILES string of the molecule is C=C(OC)c1ccc(OCC2c3cc(OC)c(OC)cc3CCN2C(=O)c2ccc(OC)cc2)cc1.COc1cc2c(cc1OC)C(COc1ccccc1OC)N(C(=O)c1ccccc1)CC2.COc1ccc(OCC2c3cc(OC)c(OC)cc3CCN2S(=O)(=O)c2cccc(Cl)c2)cc1.COc1ccc(OCC2c3cc(OC)c(OC)cc3CCN2S(=O)(=O)c2ccccc2)cc1. The number of halogens is 1. The first-order valence-electron chi connectivity index (χ1n) is 43.4. The Labute approximate surface area is 794 Å². The van der Waals surface area contributed by atoms with Crippen LogP contribution in [0.25, 0.3) is 5.76 Å². The van der Waals surface area contributed by atoms with Gasteiger partial charge < -0.3 is 90.3 Å². The number of methoxy groups -OCH3 is 13. The van der Waals surface area contributed by atoms with E-state index in [1.807, 2.05) is 137 Å². The molecule has 135 heavy (non-hydrogen) atoms. The molecule has 0 radical (unpaired) electrons. The lowest BCUT2D eigenvalue weighted by Crippen LogP contribution is -2.42. The fourth-order valence-electron chi connectivity index (χ4n) is 16.6. The van der Waals surface area contributed by atoms with Crippen LogP contribution < -0.4 is 75.8 Å². The summed E-state index contributed by atoms with van der Waals surface area (Å²) in [6, 6.07) is 74.2. The molecule has 4 aliphatic rings. The van der Waals surface area contributed by atoms with Crippen LogP contribution >= 0.6 is 11.6 Å². The first-order chi connectivity index (χ1) is 65.5. The first kappa shape index (κ1) is 98.5. The van der Waals surface area contributed by atoms with Gasteiger partial charge >= 0.3 is 0 Å². The second kappa shape index (κ2) is 46.1. The van der Waals surface area contributed by atoms with Gasteiger partial charge in [0.05, 0.1) is 126 Å². The third-order valence-corrected chi connectivity index (χ3v) is 27.8. The van der Waals surface area contributed by atoms with Gasteiger partial charge in [-0.3, -0.25) is 9.59 Å². The minimum absolute atomic E-state index is 0.0281. The third-order valence-electron chi connectivity index (χ3n) is 23.8. The van der Waals surface area contributed by atoms with Crippen molar-refractivity contribution < 1.29 is 107 Å². The van der Waals surface area contributed by atoms with Gasteiger partial charge in [-0.05, 0) is 270 Å². The Kier molecular flexibility index (Phi) is 33.7. The number of carbonyl (C=O) groups is 2. The van der Waals surface area contributed by atoms with Crippen molar-refractivity contribution in [2.45, 2.75) is 59.6 Å². The van der Waals surface area contributed by atoms with E-state index in [1.54, 1.807) is 214 Å². The Balaban J connectivity index is 0.000000153. The normalized spacial score (nSPS) is 15.3. The van der Waals surface area contributed by atoms with Gasteiger partial charge in [-0.2, -0.15) is 8.61 Å². The van der Waals surface area contributed by atoms with Gasteiger partial charge in [0.1, 0.15) is 66.7 Å². The van der Waals surface area contributed by atoms with E-state index < -0.39 is 32.1 Å². The zero-order valence-electron chi connectivity index (χ0n) is 77.6. The van der Waals surface area contributed by atoms with Gasteiger partial charge in [-0.15, -0.1) is 0 Å². The first-order valence-corrected chi connectivity index (χ1v) is 46.7. The van der Waals surface area contributed by atoms with Gasteiger partial charge in [0, 0.05) is 47.9 Å². The third kappa shape index (κ3) is 23.1. The molecular weight excluding hydrogens is 1780 g/mol. The van der Waals surface area contributed by atoms with Crippen LogP contribution in [-0.4, -0.2) is 192 Å². The van der Waals surface area contributed by atoms with E-state index >= 15 is 0 Å². The molecule has 0 fully saturated rings. The molecule has 0 aromatic heterocycles. The molecule has 16 rings (SSSR count). The van der Waals surface area contributed by atoms with Gasteiger partial charge in [0.15, 0.2) is 57.5 Å². The second-order valence-electron chi connectivity index (χ2n) is 31.2. The minimum atomic E-state index is -3.85. The zero-order valence-corrected chi connectivity index (χ0v) is 80.0. The Hall–Kier alpha value is -14.0. The monoisotopic (exact) mass is 1890 g/mol. The molecule has 30 heteroatoms. The molecule has 4 heterocycles. The molecule has 0 bridgehead atoms. The van der Waals surface area contributed by atoms with Crippen LogP contribution in [0.5, 0.6) is 92.0 Å². The van der Waals surface area contributed by atoms with E-state index in [-0.39, 0.29) is 66.7 Å². The van der Waals surface area contributed by atoms with Crippen molar-refractivity contribution in [3.05, 3.63) is 328 Å². The van der Waals surface area contributed by atoms with Crippen molar-refractivity contribution in [3.63, 3.8) is 0 Å². The Morgan fingerprint density at radius 3 is 0.970 bits per heavy atom. The minimum Gasteiger partial charge on any atom is -0.497 e. The number of nitrogens with zero attached hydrogens (tertiary/aromatic N) is 4. The van der Waals surface area contributed by atoms with Gasteiger partial charge in [0.25, 0.3) is 11.8 Å². The van der Waals surface area contributed by atoms with E-state index in [1.165, 1.54) is 14.7 Å². The van der Waals surface area contributed by atoms with E-state index in [2.05, 4.69) is 6.58 Å². The molecule has 2 amide bonds. The number of rotatable bonds is 32. The molecule has 4 aliphatic heterocycles. The molecule has 0 saturated heterocycles. The molecule has 0 N–H and O–H groups in total. The molecular formula is C105H111ClN4O23S2. The van der Waals surface area contributed by atoms with Crippen LogP contribution in [0.15, 0.2) is 271 Å². The van der Waals surface area contributed by atoms with Gasteiger partial charge in [0.2, 0.25) is 20.0 Å². The number of hydrogen-bond donors (Lipinski definition) is 0. The van der Waals surface area contributed by atoms with E-state index in [9.17, 15) is 26.4 Å². The predicted molar refractivity (Wildman–Crippen MR) is 515 cm³/mol. The molecule has 12 aromatic carbocycles. The maximum atomic E-state index is 13.7. The van der Waals surface area contributed by atoms with Crippen molar-refractivity contribution in [1.29, 1.82) is 0 Å². The number of para-hydroxylation sites is 2. The summed E-state index contributed by atoms with van der Waals surface area (Å²) in [5.74, 6) is 10.7. The largest absolute Gasteiger partial charge is 0.497 e. The molecule has 4 unspecified atom stereocenters. The van der Waals surface area contributed by atoms with E-state index in [4.69, 9.17) is 92.1 Å². The molecule has 708 valence electrons. The second-order valence-corrected chi connectivity index (χ2v) is 35.4. The highest BCUT2D eigenvalue weighted by molar-refractivity contribution is 7.89. The van der Waals surface area contributed by atoms with Crippen LogP contribution in [0.2, 0.25) is 5.02 Å². The predicted octanol–water partition coefficient (Wildman–Crippen LogP) is 18.5. The van der Waals surface area contributed by atoms with Gasteiger partial charge in [-0.1, -0.05) is 72.8 Å².